The third kappa shape index (κ3) is 5.38. The summed E-state index contributed by atoms with van der Waals surface area (Å²) in [4.78, 5) is 15.7. The molecule has 0 spiro atoms. The van der Waals surface area contributed by atoms with Crippen molar-refractivity contribution in [2.45, 2.75) is 18.6 Å². The van der Waals surface area contributed by atoms with Gasteiger partial charge in [0.15, 0.2) is 0 Å². The predicted octanol–water partition coefficient (Wildman–Crippen LogP) is 2.80. The van der Waals surface area contributed by atoms with Crippen molar-refractivity contribution < 1.29 is 9.53 Å². The molecular weight excluding hydrogens is 382 g/mol. The van der Waals surface area contributed by atoms with Crippen LogP contribution in [-0.4, -0.2) is 57.0 Å². The second kappa shape index (κ2) is 9.63. The van der Waals surface area contributed by atoms with E-state index in [2.05, 4.69) is 15.5 Å². The first kappa shape index (κ1) is 19.5. The summed E-state index contributed by atoms with van der Waals surface area (Å²) in [6.45, 7) is 3.67. The molecule has 3 rings (SSSR count). The van der Waals surface area contributed by atoms with Gasteiger partial charge >= 0.3 is 0 Å². The Morgan fingerprint density at radius 2 is 2.11 bits per heavy atom. The monoisotopic (exact) mass is 403 g/mol. The topological polar surface area (TPSA) is 73.1 Å². The molecule has 0 saturated heterocycles. The Balaban J connectivity index is 1.65. The largest absolute Gasteiger partial charge is 0.383 e. The minimum Gasteiger partial charge on any atom is -0.383 e. The standard InChI is InChI=1S/C18H21N5O2S2/c1-14-5-7-15(8-6-14)23-18(19-20-21-23)27-13-17(24)22(9-10-25-2)12-16-4-3-11-26-16/h3-8,11H,9-10,12-13H2,1-2H3. The highest BCUT2D eigenvalue weighted by Crippen LogP contribution is 2.20. The number of benzene rings is 1. The molecule has 0 N–H and O–H groups in total. The van der Waals surface area contributed by atoms with Gasteiger partial charge in [-0.05, 0) is 40.9 Å². The number of tetrazole rings is 1. The van der Waals surface area contributed by atoms with E-state index in [0.717, 1.165) is 10.6 Å². The normalized spacial score (nSPS) is 10.9. The van der Waals surface area contributed by atoms with Crippen LogP contribution in [-0.2, 0) is 16.1 Å². The number of aromatic nitrogens is 4. The third-order valence-corrected chi connectivity index (χ3v) is 5.65. The molecule has 0 aliphatic heterocycles. The van der Waals surface area contributed by atoms with Crippen molar-refractivity contribution in [3.8, 4) is 5.69 Å². The van der Waals surface area contributed by atoms with Crippen molar-refractivity contribution in [1.82, 2.24) is 25.1 Å². The molecule has 2 heterocycles. The third-order valence-electron chi connectivity index (χ3n) is 3.89. The molecule has 9 heteroatoms. The average molecular weight is 404 g/mol. The molecule has 0 fully saturated rings. The highest BCUT2D eigenvalue weighted by atomic mass is 32.2. The van der Waals surface area contributed by atoms with E-state index in [1.54, 1.807) is 23.1 Å². The van der Waals surface area contributed by atoms with Crippen LogP contribution in [0.15, 0.2) is 46.9 Å². The van der Waals surface area contributed by atoms with Crippen molar-refractivity contribution in [3.05, 3.63) is 52.2 Å². The fourth-order valence-corrected chi connectivity index (χ4v) is 3.93. The summed E-state index contributed by atoms with van der Waals surface area (Å²) in [5.74, 6) is 0.297. The molecule has 0 aliphatic rings. The van der Waals surface area contributed by atoms with Crippen LogP contribution in [0.3, 0.4) is 0 Å². The van der Waals surface area contributed by atoms with Gasteiger partial charge in [-0.2, -0.15) is 4.68 Å². The molecule has 0 bridgehead atoms. The summed E-state index contributed by atoms with van der Waals surface area (Å²) in [5.41, 5.74) is 2.04. The number of hydrogen-bond acceptors (Lipinski definition) is 7. The average Bonchev–Trinajstić information content (AvgIpc) is 3.35. The van der Waals surface area contributed by atoms with Crippen LogP contribution in [0.2, 0.25) is 0 Å². The Hall–Kier alpha value is -2.23. The van der Waals surface area contributed by atoms with E-state index in [1.165, 1.54) is 17.3 Å². The lowest BCUT2D eigenvalue weighted by Gasteiger charge is -2.21. The second-order valence-corrected chi connectivity index (χ2v) is 7.86. The van der Waals surface area contributed by atoms with Crippen LogP contribution in [0.25, 0.3) is 5.69 Å². The SMILES string of the molecule is COCCN(Cc1cccs1)C(=O)CSc1nnnn1-c1ccc(C)cc1. The Morgan fingerprint density at radius 3 is 2.81 bits per heavy atom. The summed E-state index contributed by atoms with van der Waals surface area (Å²) < 4.78 is 6.79. The van der Waals surface area contributed by atoms with Crippen molar-refractivity contribution >= 4 is 29.0 Å². The van der Waals surface area contributed by atoms with Crippen LogP contribution in [0.4, 0.5) is 0 Å². The summed E-state index contributed by atoms with van der Waals surface area (Å²) >= 11 is 2.97. The number of hydrogen-bond donors (Lipinski definition) is 0. The molecular formula is C18H21N5O2S2. The lowest BCUT2D eigenvalue weighted by molar-refractivity contribution is -0.129. The smallest absolute Gasteiger partial charge is 0.233 e. The molecule has 7 nitrogen and oxygen atoms in total. The second-order valence-electron chi connectivity index (χ2n) is 5.88. The Morgan fingerprint density at radius 1 is 1.30 bits per heavy atom. The number of carbonyl (C=O) groups excluding carboxylic acids is 1. The zero-order valence-corrected chi connectivity index (χ0v) is 16.9. The highest BCUT2D eigenvalue weighted by Gasteiger charge is 2.17. The molecule has 27 heavy (non-hydrogen) atoms. The first-order chi connectivity index (χ1) is 13.2. The van der Waals surface area contributed by atoms with E-state index >= 15 is 0 Å². The summed E-state index contributed by atoms with van der Waals surface area (Å²) in [6.07, 6.45) is 0. The van der Waals surface area contributed by atoms with Crippen molar-refractivity contribution in [2.24, 2.45) is 0 Å². The Kier molecular flexibility index (Phi) is 6.97. The maximum atomic E-state index is 12.7. The van der Waals surface area contributed by atoms with Crippen molar-refractivity contribution in [2.75, 3.05) is 26.0 Å². The molecule has 3 aromatic rings. The van der Waals surface area contributed by atoms with E-state index in [-0.39, 0.29) is 11.7 Å². The van der Waals surface area contributed by atoms with Crippen molar-refractivity contribution in [1.29, 1.82) is 0 Å². The first-order valence-electron chi connectivity index (χ1n) is 8.44. The molecule has 0 saturated carbocycles. The summed E-state index contributed by atoms with van der Waals surface area (Å²) in [5, 5.41) is 14.5. The predicted molar refractivity (Wildman–Crippen MR) is 106 cm³/mol. The number of thiophene rings is 1. The molecule has 2 aromatic heterocycles. The van der Waals surface area contributed by atoms with Gasteiger partial charge in [-0.1, -0.05) is 35.5 Å². The lowest BCUT2D eigenvalue weighted by atomic mass is 10.2. The number of carbonyl (C=O) groups is 1. The number of nitrogens with zero attached hydrogens (tertiary/aromatic N) is 5. The zero-order chi connectivity index (χ0) is 19.1. The maximum Gasteiger partial charge on any atom is 0.233 e. The number of methoxy groups -OCH3 is 1. The zero-order valence-electron chi connectivity index (χ0n) is 15.2. The minimum atomic E-state index is 0.0314. The molecule has 0 aliphatic carbocycles. The Bertz CT molecular complexity index is 849. The van der Waals surface area contributed by atoms with Gasteiger partial charge in [-0.25, -0.2) is 0 Å². The van der Waals surface area contributed by atoms with Gasteiger partial charge < -0.3 is 9.64 Å². The number of ether oxygens (including phenoxy) is 1. The van der Waals surface area contributed by atoms with Gasteiger partial charge in [0.2, 0.25) is 11.1 Å². The molecule has 0 radical (unpaired) electrons. The molecule has 1 aromatic carbocycles. The Labute approximate surface area is 166 Å². The van der Waals surface area contributed by atoms with Gasteiger partial charge in [0.1, 0.15) is 0 Å². The van der Waals surface area contributed by atoms with Crippen LogP contribution < -0.4 is 0 Å². The molecule has 0 atom stereocenters. The maximum absolute atomic E-state index is 12.7. The summed E-state index contributed by atoms with van der Waals surface area (Å²) in [6, 6.07) is 11.9. The molecule has 1 amide bonds. The number of rotatable bonds is 9. The fraction of sp³-hybridized carbons (Fsp3) is 0.333. The van der Waals surface area contributed by atoms with E-state index in [0.29, 0.717) is 24.9 Å². The number of aryl methyl sites for hydroxylation is 1. The summed E-state index contributed by atoms with van der Waals surface area (Å²) in [7, 11) is 1.64. The van der Waals surface area contributed by atoms with Crippen molar-refractivity contribution in [3.63, 3.8) is 0 Å². The van der Waals surface area contributed by atoms with Gasteiger partial charge in [0, 0.05) is 18.5 Å². The van der Waals surface area contributed by atoms with Crippen LogP contribution >= 0.6 is 23.1 Å². The number of thioether (sulfide) groups is 1. The van der Waals surface area contributed by atoms with E-state index in [9.17, 15) is 4.79 Å². The van der Waals surface area contributed by atoms with E-state index in [4.69, 9.17) is 4.74 Å². The highest BCUT2D eigenvalue weighted by molar-refractivity contribution is 7.99. The fourth-order valence-electron chi connectivity index (χ4n) is 2.42. The minimum absolute atomic E-state index is 0.0314. The van der Waals surface area contributed by atoms with Gasteiger partial charge in [0.25, 0.3) is 0 Å². The lowest BCUT2D eigenvalue weighted by Crippen LogP contribution is -2.34. The van der Waals surface area contributed by atoms with Crippen LogP contribution in [0.5, 0.6) is 0 Å². The molecule has 142 valence electrons. The molecule has 0 unspecified atom stereocenters. The quantitative estimate of drug-likeness (QED) is 0.512. The number of amides is 1. The van der Waals surface area contributed by atoms with Gasteiger partial charge in [0.05, 0.1) is 24.6 Å². The first-order valence-corrected chi connectivity index (χ1v) is 10.3. The van der Waals surface area contributed by atoms with Crippen LogP contribution in [0, 0.1) is 6.92 Å². The van der Waals surface area contributed by atoms with Crippen LogP contribution in [0.1, 0.15) is 10.4 Å². The van der Waals surface area contributed by atoms with Gasteiger partial charge in [-0.3, -0.25) is 4.79 Å². The van der Waals surface area contributed by atoms with E-state index in [1.807, 2.05) is 53.6 Å². The van der Waals surface area contributed by atoms with Gasteiger partial charge in [-0.15, -0.1) is 16.4 Å². The van der Waals surface area contributed by atoms with E-state index < -0.39 is 0 Å².